The van der Waals surface area contributed by atoms with Crippen molar-refractivity contribution in [2.75, 3.05) is 33.3 Å². The van der Waals surface area contributed by atoms with Gasteiger partial charge in [-0.2, -0.15) is 0 Å². The van der Waals surface area contributed by atoms with Crippen LogP contribution in [0.2, 0.25) is 0 Å². The van der Waals surface area contributed by atoms with Gasteiger partial charge in [-0.3, -0.25) is 19.5 Å². The molecule has 1 aliphatic heterocycles. The number of allylic oxidation sites excluding steroid dienone is 2. The second kappa shape index (κ2) is 8.27. The molecule has 1 aromatic carbocycles. The first-order chi connectivity index (χ1) is 14.1. The van der Waals surface area contributed by atoms with Gasteiger partial charge >= 0.3 is 0 Å². The summed E-state index contributed by atoms with van der Waals surface area (Å²) >= 11 is 0. The van der Waals surface area contributed by atoms with Gasteiger partial charge in [-0.05, 0) is 36.8 Å². The number of ether oxygens (including phenoxy) is 1. The molecule has 2 aliphatic carbocycles. The van der Waals surface area contributed by atoms with Crippen LogP contribution in [-0.4, -0.2) is 56.0 Å². The maximum absolute atomic E-state index is 12.7. The highest BCUT2D eigenvalue weighted by Gasteiger charge is 2.58. The Labute approximate surface area is 171 Å². The summed E-state index contributed by atoms with van der Waals surface area (Å²) in [5, 5.41) is 6.36. The quantitative estimate of drug-likeness (QED) is 0.239. The minimum absolute atomic E-state index is 0.00627. The normalized spacial score (nSPS) is 27.5. The van der Waals surface area contributed by atoms with Gasteiger partial charge in [-0.25, -0.2) is 0 Å². The van der Waals surface area contributed by atoms with Crippen molar-refractivity contribution in [3.63, 3.8) is 0 Å². The minimum atomic E-state index is -0.131. The number of aliphatic imine (C=N–C) groups is 1. The Morgan fingerprint density at radius 2 is 1.76 bits per heavy atom. The van der Waals surface area contributed by atoms with Crippen molar-refractivity contribution in [3.05, 3.63) is 42.0 Å². The van der Waals surface area contributed by atoms with E-state index in [1.807, 2.05) is 31.2 Å². The fourth-order valence-electron chi connectivity index (χ4n) is 4.74. The molecule has 154 valence electrons. The molecule has 1 saturated carbocycles. The van der Waals surface area contributed by atoms with E-state index < -0.39 is 0 Å². The summed E-state index contributed by atoms with van der Waals surface area (Å²) in [5.74, 6) is 1.73. The standard InChI is InChI=1S/C22H28N4O3/c1-14-5-3-4-6-17(14)29-12-10-25-22(23-2)24-9-11-26-20(27)18-15-7-8-16(13-15)19(18)21(26)28/h3-8,15-16,18-19H,9-13H2,1-2H3,(H2,23,24,25). The molecule has 1 heterocycles. The third-order valence-corrected chi connectivity index (χ3v) is 6.16. The summed E-state index contributed by atoms with van der Waals surface area (Å²) in [5.41, 5.74) is 1.10. The van der Waals surface area contributed by atoms with E-state index in [9.17, 15) is 9.59 Å². The van der Waals surface area contributed by atoms with Gasteiger partial charge in [0.2, 0.25) is 11.8 Å². The van der Waals surface area contributed by atoms with Gasteiger partial charge in [0, 0.05) is 20.1 Å². The first-order valence-electron chi connectivity index (χ1n) is 10.3. The van der Waals surface area contributed by atoms with E-state index in [0.29, 0.717) is 32.2 Å². The van der Waals surface area contributed by atoms with Gasteiger partial charge in [-0.1, -0.05) is 30.4 Å². The predicted molar refractivity (Wildman–Crippen MR) is 110 cm³/mol. The highest BCUT2D eigenvalue weighted by Crippen LogP contribution is 2.52. The lowest BCUT2D eigenvalue weighted by molar-refractivity contribution is -0.140. The Kier molecular flexibility index (Phi) is 5.56. The number of carbonyl (C=O) groups excluding carboxylic acids is 2. The van der Waals surface area contributed by atoms with E-state index in [0.717, 1.165) is 17.7 Å². The number of carbonyl (C=O) groups is 2. The second-order valence-electron chi connectivity index (χ2n) is 7.87. The van der Waals surface area contributed by atoms with Crippen LogP contribution in [0.4, 0.5) is 0 Å². The van der Waals surface area contributed by atoms with Crippen LogP contribution in [-0.2, 0) is 9.59 Å². The highest BCUT2D eigenvalue weighted by molar-refractivity contribution is 6.06. The molecule has 2 amide bonds. The Hall–Kier alpha value is -2.83. The van der Waals surface area contributed by atoms with E-state index in [1.54, 1.807) is 7.05 Å². The molecule has 0 aromatic heterocycles. The van der Waals surface area contributed by atoms with Crippen LogP contribution in [0, 0.1) is 30.6 Å². The first-order valence-corrected chi connectivity index (χ1v) is 10.3. The monoisotopic (exact) mass is 396 g/mol. The number of hydrogen-bond donors (Lipinski definition) is 2. The molecule has 2 fully saturated rings. The molecule has 4 rings (SSSR count). The van der Waals surface area contributed by atoms with Crippen molar-refractivity contribution in [3.8, 4) is 5.75 Å². The van der Waals surface area contributed by atoms with Crippen molar-refractivity contribution in [1.29, 1.82) is 0 Å². The zero-order valence-corrected chi connectivity index (χ0v) is 16.9. The molecule has 2 N–H and O–H groups in total. The number of benzene rings is 1. The number of para-hydroxylation sites is 1. The number of fused-ring (bicyclic) bond motifs is 5. The summed E-state index contributed by atoms with van der Waals surface area (Å²) in [6.45, 7) is 3.95. The number of likely N-dealkylation sites (tertiary alicyclic amines) is 1. The van der Waals surface area contributed by atoms with Crippen LogP contribution in [0.25, 0.3) is 0 Å². The van der Waals surface area contributed by atoms with E-state index in [1.165, 1.54) is 4.90 Å². The number of hydrogen-bond acceptors (Lipinski definition) is 4. The molecule has 4 atom stereocenters. The predicted octanol–water partition coefficient (Wildman–Crippen LogP) is 1.35. The first kappa shape index (κ1) is 19.5. The summed E-state index contributed by atoms with van der Waals surface area (Å²) in [4.78, 5) is 31.0. The summed E-state index contributed by atoms with van der Waals surface area (Å²) in [6.07, 6.45) is 5.19. The van der Waals surface area contributed by atoms with Crippen molar-refractivity contribution in [2.24, 2.45) is 28.7 Å². The lowest BCUT2D eigenvalue weighted by Gasteiger charge is -2.18. The highest BCUT2D eigenvalue weighted by atomic mass is 16.5. The van der Waals surface area contributed by atoms with Gasteiger partial charge in [0.25, 0.3) is 0 Å². The van der Waals surface area contributed by atoms with E-state index in [2.05, 4.69) is 27.8 Å². The molecule has 7 heteroatoms. The smallest absolute Gasteiger partial charge is 0.233 e. The second-order valence-corrected chi connectivity index (χ2v) is 7.87. The molecule has 1 saturated heterocycles. The molecule has 2 bridgehead atoms. The Morgan fingerprint density at radius 3 is 2.41 bits per heavy atom. The zero-order valence-electron chi connectivity index (χ0n) is 16.9. The molecular formula is C22H28N4O3. The van der Waals surface area contributed by atoms with Gasteiger partial charge in [0.05, 0.1) is 18.4 Å². The van der Waals surface area contributed by atoms with Gasteiger partial charge in [0.15, 0.2) is 5.96 Å². The Morgan fingerprint density at radius 1 is 1.10 bits per heavy atom. The number of nitrogens with zero attached hydrogens (tertiary/aromatic N) is 2. The Bertz CT molecular complexity index is 820. The molecule has 3 aliphatic rings. The average Bonchev–Trinajstić information content (AvgIpc) is 3.40. The van der Waals surface area contributed by atoms with Crippen molar-refractivity contribution in [2.45, 2.75) is 13.3 Å². The fourth-order valence-corrected chi connectivity index (χ4v) is 4.74. The lowest BCUT2D eigenvalue weighted by atomic mass is 9.85. The molecule has 29 heavy (non-hydrogen) atoms. The summed E-state index contributed by atoms with van der Waals surface area (Å²) in [7, 11) is 1.69. The molecular weight excluding hydrogens is 368 g/mol. The van der Waals surface area contributed by atoms with E-state index >= 15 is 0 Å². The van der Waals surface area contributed by atoms with Crippen LogP contribution >= 0.6 is 0 Å². The minimum Gasteiger partial charge on any atom is -0.491 e. The number of aryl methyl sites for hydroxylation is 1. The van der Waals surface area contributed by atoms with Crippen molar-refractivity contribution in [1.82, 2.24) is 15.5 Å². The number of nitrogens with one attached hydrogen (secondary N) is 2. The third kappa shape index (κ3) is 3.73. The average molecular weight is 396 g/mol. The maximum Gasteiger partial charge on any atom is 0.233 e. The summed E-state index contributed by atoms with van der Waals surface area (Å²) in [6, 6.07) is 7.90. The van der Waals surface area contributed by atoms with Crippen LogP contribution < -0.4 is 15.4 Å². The number of rotatable bonds is 7. The number of imide groups is 1. The number of guanidine groups is 1. The maximum atomic E-state index is 12.7. The van der Waals surface area contributed by atoms with Crippen LogP contribution in [0.3, 0.4) is 0 Å². The molecule has 7 nitrogen and oxygen atoms in total. The largest absolute Gasteiger partial charge is 0.491 e. The zero-order chi connectivity index (χ0) is 20.4. The number of amides is 2. The van der Waals surface area contributed by atoms with E-state index in [4.69, 9.17) is 4.74 Å². The van der Waals surface area contributed by atoms with Gasteiger partial charge in [-0.15, -0.1) is 0 Å². The van der Waals surface area contributed by atoms with Crippen molar-refractivity contribution >= 4 is 17.8 Å². The topological polar surface area (TPSA) is 83.0 Å². The molecule has 4 unspecified atom stereocenters. The van der Waals surface area contributed by atoms with Crippen LogP contribution in [0.15, 0.2) is 41.4 Å². The lowest BCUT2D eigenvalue weighted by Crippen LogP contribution is -2.44. The molecule has 0 radical (unpaired) electrons. The van der Waals surface area contributed by atoms with Crippen molar-refractivity contribution < 1.29 is 14.3 Å². The van der Waals surface area contributed by atoms with E-state index in [-0.39, 0.29) is 35.5 Å². The van der Waals surface area contributed by atoms with Crippen LogP contribution in [0.1, 0.15) is 12.0 Å². The fraction of sp³-hybridized carbons (Fsp3) is 0.500. The van der Waals surface area contributed by atoms with Gasteiger partial charge < -0.3 is 15.4 Å². The summed E-state index contributed by atoms with van der Waals surface area (Å²) < 4.78 is 5.77. The Balaban J connectivity index is 1.19. The SMILES string of the molecule is CN=C(NCCOc1ccccc1C)NCCN1C(=O)C2C3C=CC(C3)C2C1=O. The third-order valence-electron chi connectivity index (χ3n) is 6.16. The van der Waals surface area contributed by atoms with Crippen LogP contribution in [0.5, 0.6) is 5.75 Å². The molecule has 1 aromatic rings. The molecule has 0 spiro atoms. The van der Waals surface area contributed by atoms with Gasteiger partial charge in [0.1, 0.15) is 12.4 Å².